The summed E-state index contributed by atoms with van der Waals surface area (Å²) >= 11 is 3.94. The second-order valence-corrected chi connectivity index (χ2v) is 7.11. The zero-order valence-electron chi connectivity index (χ0n) is 12.9. The molecule has 3 rings (SSSR count). The minimum atomic E-state index is -1.93. The van der Waals surface area contributed by atoms with Crippen molar-refractivity contribution in [2.45, 2.75) is 31.7 Å². The van der Waals surface area contributed by atoms with Gasteiger partial charge in [-0.15, -0.1) is 0 Å². The first-order valence-corrected chi connectivity index (χ1v) is 9.29. The lowest BCUT2D eigenvalue weighted by molar-refractivity contribution is 0.329. The fourth-order valence-corrected chi connectivity index (χ4v) is 3.38. The van der Waals surface area contributed by atoms with Gasteiger partial charge in [0.05, 0.1) is 0 Å². The van der Waals surface area contributed by atoms with E-state index in [1.807, 2.05) is 12.1 Å². The predicted octanol–water partition coefficient (Wildman–Crippen LogP) is 3.09. The Kier molecular flexibility index (Phi) is 5.83. The lowest BCUT2D eigenvalue weighted by Gasteiger charge is -2.28. The standard InChI is InChI=1S/C15H19ClN4O3S/c16-12-5-3-11(4-6-12)14-19-15(23-20-14)18-13-7-1-10(2-8-13)9-17-24(21)22/h3-6,10,13,17H,1-2,7-9H2,(H,21,22)(H,18,19,20). The third-order valence-corrected chi connectivity index (χ3v) is 4.86. The number of halogens is 1. The molecule has 1 aromatic carbocycles. The summed E-state index contributed by atoms with van der Waals surface area (Å²) in [5, 5.41) is 7.92. The normalized spacial score (nSPS) is 22.2. The van der Waals surface area contributed by atoms with Crippen LogP contribution in [0.4, 0.5) is 6.01 Å². The molecule has 24 heavy (non-hydrogen) atoms. The molecule has 1 aliphatic carbocycles. The summed E-state index contributed by atoms with van der Waals surface area (Å²) in [6.07, 6.45) is 3.90. The average Bonchev–Trinajstić information content (AvgIpc) is 3.03. The van der Waals surface area contributed by atoms with E-state index in [0.717, 1.165) is 31.2 Å². The van der Waals surface area contributed by atoms with Gasteiger partial charge in [0.2, 0.25) is 17.1 Å². The van der Waals surface area contributed by atoms with Gasteiger partial charge in [0.25, 0.3) is 0 Å². The molecule has 3 N–H and O–H groups in total. The highest BCUT2D eigenvalue weighted by atomic mass is 35.5. The number of nitrogens with one attached hydrogen (secondary N) is 2. The van der Waals surface area contributed by atoms with Crippen LogP contribution in [0.1, 0.15) is 25.7 Å². The second kappa shape index (κ2) is 8.06. The third kappa shape index (κ3) is 4.76. The lowest BCUT2D eigenvalue weighted by Crippen LogP contribution is -2.31. The smallest absolute Gasteiger partial charge is 0.322 e. The van der Waals surface area contributed by atoms with Crippen LogP contribution in [0, 0.1) is 5.92 Å². The van der Waals surface area contributed by atoms with Gasteiger partial charge in [0.15, 0.2) is 0 Å². The second-order valence-electron chi connectivity index (χ2n) is 5.89. The first-order chi connectivity index (χ1) is 11.6. The first-order valence-electron chi connectivity index (χ1n) is 7.80. The molecule has 2 aromatic rings. The van der Waals surface area contributed by atoms with Crippen LogP contribution < -0.4 is 10.0 Å². The number of hydrogen-bond donors (Lipinski definition) is 3. The highest BCUT2D eigenvalue weighted by Crippen LogP contribution is 2.27. The molecule has 130 valence electrons. The van der Waals surface area contributed by atoms with Crippen molar-refractivity contribution in [3.63, 3.8) is 0 Å². The van der Waals surface area contributed by atoms with Crippen LogP contribution >= 0.6 is 11.6 Å². The number of anilines is 1. The Balaban J connectivity index is 1.51. The van der Waals surface area contributed by atoms with Gasteiger partial charge in [-0.1, -0.05) is 16.8 Å². The first kappa shape index (κ1) is 17.3. The minimum Gasteiger partial charge on any atom is -0.335 e. The monoisotopic (exact) mass is 370 g/mol. The van der Waals surface area contributed by atoms with E-state index in [0.29, 0.717) is 29.3 Å². The molecule has 1 heterocycles. The molecule has 0 aliphatic heterocycles. The van der Waals surface area contributed by atoms with Crippen molar-refractivity contribution in [3.05, 3.63) is 29.3 Å². The summed E-state index contributed by atoms with van der Waals surface area (Å²) in [7, 11) is 0. The van der Waals surface area contributed by atoms with Crippen molar-refractivity contribution in [1.29, 1.82) is 0 Å². The van der Waals surface area contributed by atoms with E-state index in [2.05, 4.69) is 20.2 Å². The van der Waals surface area contributed by atoms with Gasteiger partial charge in [0.1, 0.15) is 0 Å². The van der Waals surface area contributed by atoms with Crippen LogP contribution in [0.25, 0.3) is 11.4 Å². The molecule has 7 nitrogen and oxygen atoms in total. The van der Waals surface area contributed by atoms with E-state index in [9.17, 15) is 4.21 Å². The summed E-state index contributed by atoms with van der Waals surface area (Å²) in [6.45, 7) is 0.567. The van der Waals surface area contributed by atoms with Gasteiger partial charge in [-0.25, -0.2) is 8.93 Å². The van der Waals surface area contributed by atoms with Crippen molar-refractivity contribution in [3.8, 4) is 11.4 Å². The number of aromatic nitrogens is 2. The SMILES string of the molecule is O=S(O)NCC1CCC(Nc2nc(-c3ccc(Cl)cc3)no2)CC1. The van der Waals surface area contributed by atoms with E-state index in [1.165, 1.54) is 0 Å². The van der Waals surface area contributed by atoms with Crippen LogP contribution in [-0.2, 0) is 11.3 Å². The number of hydrogen-bond acceptors (Lipinski definition) is 5. The molecule has 1 saturated carbocycles. The zero-order valence-corrected chi connectivity index (χ0v) is 14.5. The van der Waals surface area contributed by atoms with E-state index in [4.69, 9.17) is 20.7 Å². The molecule has 9 heteroatoms. The average molecular weight is 371 g/mol. The number of benzene rings is 1. The quantitative estimate of drug-likeness (QED) is 0.675. The van der Waals surface area contributed by atoms with Gasteiger partial charge in [-0.2, -0.15) is 4.98 Å². The molecule has 1 aliphatic rings. The molecular formula is C15H19ClN4O3S. The number of rotatable bonds is 6. The molecule has 1 atom stereocenters. The highest BCUT2D eigenvalue weighted by molar-refractivity contribution is 7.77. The number of nitrogens with zero attached hydrogens (tertiary/aromatic N) is 2. The summed E-state index contributed by atoms with van der Waals surface area (Å²) in [6, 6.07) is 7.96. The molecule has 1 unspecified atom stereocenters. The molecule has 0 spiro atoms. The van der Waals surface area contributed by atoms with E-state index in [-0.39, 0.29) is 6.04 Å². The van der Waals surface area contributed by atoms with Crippen LogP contribution in [0.3, 0.4) is 0 Å². The summed E-state index contributed by atoms with van der Waals surface area (Å²) in [5.41, 5.74) is 0.850. The zero-order chi connectivity index (χ0) is 16.9. The molecule has 1 aromatic heterocycles. The van der Waals surface area contributed by atoms with Gasteiger partial charge < -0.3 is 9.84 Å². The maximum absolute atomic E-state index is 10.6. The van der Waals surface area contributed by atoms with Crippen molar-refractivity contribution in [2.75, 3.05) is 11.9 Å². The van der Waals surface area contributed by atoms with E-state index < -0.39 is 11.3 Å². The molecule has 0 amide bonds. The van der Waals surface area contributed by atoms with Gasteiger partial charge >= 0.3 is 6.01 Å². The third-order valence-electron chi connectivity index (χ3n) is 4.20. The molecule has 0 saturated heterocycles. The van der Waals surface area contributed by atoms with Crippen molar-refractivity contribution < 1.29 is 13.3 Å². The summed E-state index contributed by atoms with van der Waals surface area (Å²) < 4.78 is 27.2. The van der Waals surface area contributed by atoms with Gasteiger partial charge in [0, 0.05) is 23.2 Å². The van der Waals surface area contributed by atoms with E-state index >= 15 is 0 Å². The van der Waals surface area contributed by atoms with Crippen molar-refractivity contribution in [1.82, 2.24) is 14.9 Å². The maximum atomic E-state index is 10.6. The Labute approximate surface area is 147 Å². The summed E-state index contributed by atoms with van der Waals surface area (Å²) in [5.74, 6) is 0.948. The Morgan fingerprint density at radius 1 is 1.25 bits per heavy atom. The predicted molar refractivity (Wildman–Crippen MR) is 92.9 cm³/mol. The largest absolute Gasteiger partial charge is 0.335 e. The van der Waals surface area contributed by atoms with Crippen molar-refractivity contribution >= 4 is 28.9 Å². The topological polar surface area (TPSA) is 100 Å². The van der Waals surface area contributed by atoms with Crippen LogP contribution in [0.5, 0.6) is 0 Å². The summed E-state index contributed by atoms with van der Waals surface area (Å²) in [4.78, 5) is 4.37. The molecular weight excluding hydrogens is 352 g/mol. The molecule has 0 bridgehead atoms. The Morgan fingerprint density at radius 3 is 2.62 bits per heavy atom. The fraction of sp³-hybridized carbons (Fsp3) is 0.467. The van der Waals surface area contributed by atoms with Crippen molar-refractivity contribution in [2.24, 2.45) is 5.92 Å². The van der Waals surface area contributed by atoms with Crippen LogP contribution in [0.2, 0.25) is 5.02 Å². The van der Waals surface area contributed by atoms with Crippen LogP contribution in [-0.4, -0.2) is 31.5 Å². The Hall–Kier alpha value is -1.48. The van der Waals surface area contributed by atoms with Gasteiger partial charge in [-0.05, 0) is 55.9 Å². The van der Waals surface area contributed by atoms with E-state index in [1.54, 1.807) is 12.1 Å². The Bertz CT molecular complexity index is 686. The lowest BCUT2D eigenvalue weighted by atomic mass is 9.86. The van der Waals surface area contributed by atoms with Gasteiger partial charge in [-0.3, -0.25) is 4.55 Å². The van der Waals surface area contributed by atoms with Crippen LogP contribution in [0.15, 0.2) is 28.8 Å². The maximum Gasteiger partial charge on any atom is 0.322 e. The highest BCUT2D eigenvalue weighted by Gasteiger charge is 2.22. The Morgan fingerprint density at radius 2 is 1.96 bits per heavy atom. The fourth-order valence-electron chi connectivity index (χ4n) is 2.87. The molecule has 1 fully saturated rings. The minimum absolute atomic E-state index is 0.277. The molecule has 0 radical (unpaired) electrons.